The van der Waals surface area contributed by atoms with Crippen molar-refractivity contribution in [1.82, 2.24) is 10.2 Å². The SMILES string of the molecule is CCC(C)NC(=O)C(CC)N(Cc1cccc(OC)c1)C(=O)CN(c1ccc(OC)cc1)S(=O)(=O)c1ccc(C)cc1. The van der Waals surface area contributed by atoms with Crippen LogP contribution in [0.25, 0.3) is 0 Å². The average Bonchev–Trinajstić information content (AvgIpc) is 2.99. The molecule has 0 aliphatic rings. The van der Waals surface area contributed by atoms with Crippen molar-refractivity contribution >= 4 is 27.5 Å². The quantitative estimate of drug-likeness (QED) is 0.283. The van der Waals surface area contributed by atoms with Crippen LogP contribution in [0.1, 0.15) is 44.7 Å². The molecule has 0 aromatic heterocycles. The van der Waals surface area contributed by atoms with Gasteiger partial charge in [-0.15, -0.1) is 0 Å². The molecule has 0 radical (unpaired) electrons. The van der Waals surface area contributed by atoms with Gasteiger partial charge in [0, 0.05) is 12.6 Å². The molecule has 2 amide bonds. The molecule has 0 heterocycles. The number of methoxy groups -OCH3 is 2. The number of nitrogens with zero attached hydrogens (tertiary/aromatic N) is 2. The predicted molar refractivity (Wildman–Crippen MR) is 164 cm³/mol. The van der Waals surface area contributed by atoms with Crippen LogP contribution < -0.4 is 19.1 Å². The number of hydrogen-bond acceptors (Lipinski definition) is 6. The first kappa shape index (κ1) is 32.5. The maximum absolute atomic E-state index is 14.2. The van der Waals surface area contributed by atoms with Crippen LogP contribution in [0, 0.1) is 6.92 Å². The van der Waals surface area contributed by atoms with E-state index in [1.54, 1.807) is 55.6 Å². The molecular weight excluding hydrogens is 554 g/mol. The Kier molecular flexibility index (Phi) is 11.4. The van der Waals surface area contributed by atoms with Gasteiger partial charge in [-0.1, -0.05) is 43.7 Å². The third kappa shape index (κ3) is 8.03. The van der Waals surface area contributed by atoms with E-state index in [1.807, 2.05) is 39.8 Å². The zero-order valence-electron chi connectivity index (χ0n) is 25.2. The second-order valence-corrected chi connectivity index (χ2v) is 12.0. The number of aryl methyl sites for hydroxylation is 1. The van der Waals surface area contributed by atoms with E-state index < -0.39 is 28.5 Å². The minimum Gasteiger partial charge on any atom is -0.497 e. The van der Waals surface area contributed by atoms with Crippen molar-refractivity contribution < 1.29 is 27.5 Å². The van der Waals surface area contributed by atoms with Gasteiger partial charge >= 0.3 is 0 Å². The van der Waals surface area contributed by atoms with Gasteiger partial charge in [0.05, 0.1) is 24.8 Å². The number of sulfonamides is 1. The number of anilines is 1. The van der Waals surface area contributed by atoms with Crippen LogP contribution in [0.5, 0.6) is 11.5 Å². The fraction of sp³-hybridized carbons (Fsp3) is 0.375. The number of ether oxygens (including phenoxy) is 2. The largest absolute Gasteiger partial charge is 0.497 e. The molecule has 0 bridgehead atoms. The molecule has 0 fully saturated rings. The number of hydrogen-bond donors (Lipinski definition) is 1. The zero-order valence-corrected chi connectivity index (χ0v) is 26.0. The molecule has 9 nitrogen and oxygen atoms in total. The summed E-state index contributed by atoms with van der Waals surface area (Å²) in [5, 5.41) is 2.98. The highest BCUT2D eigenvalue weighted by molar-refractivity contribution is 7.92. The van der Waals surface area contributed by atoms with E-state index in [1.165, 1.54) is 24.1 Å². The summed E-state index contributed by atoms with van der Waals surface area (Å²) in [4.78, 5) is 29.1. The summed E-state index contributed by atoms with van der Waals surface area (Å²) in [6.07, 6.45) is 1.07. The van der Waals surface area contributed by atoms with E-state index in [-0.39, 0.29) is 23.4 Å². The van der Waals surface area contributed by atoms with Gasteiger partial charge in [0.1, 0.15) is 24.1 Å². The van der Waals surface area contributed by atoms with Crippen molar-refractivity contribution in [3.05, 3.63) is 83.9 Å². The van der Waals surface area contributed by atoms with Crippen molar-refractivity contribution in [3.8, 4) is 11.5 Å². The molecule has 2 unspecified atom stereocenters. The molecule has 1 N–H and O–H groups in total. The summed E-state index contributed by atoms with van der Waals surface area (Å²) in [6, 6.07) is 19.3. The van der Waals surface area contributed by atoms with Gasteiger partial charge < -0.3 is 19.7 Å². The van der Waals surface area contributed by atoms with Crippen LogP contribution in [-0.4, -0.2) is 58.0 Å². The molecule has 0 saturated heterocycles. The number of carbonyl (C=O) groups is 2. The standard InChI is InChI=1S/C32H41N3O6S/c1-7-24(4)33-32(37)30(8-2)34(21-25-10-9-11-28(20-25)41-6)31(36)22-35(26-14-16-27(40-5)17-15-26)42(38,39)29-18-12-23(3)13-19-29/h9-20,24,30H,7-8,21-22H2,1-6H3,(H,33,37). The van der Waals surface area contributed by atoms with E-state index in [0.29, 0.717) is 23.6 Å². The lowest BCUT2D eigenvalue weighted by Gasteiger charge is -2.33. The van der Waals surface area contributed by atoms with Crippen molar-refractivity contribution in [2.45, 2.75) is 64.1 Å². The highest BCUT2D eigenvalue weighted by Gasteiger charge is 2.34. The van der Waals surface area contributed by atoms with Crippen LogP contribution in [0.3, 0.4) is 0 Å². The number of nitrogens with one attached hydrogen (secondary N) is 1. The molecule has 0 spiro atoms. The summed E-state index contributed by atoms with van der Waals surface area (Å²) < 4.78 is 39.7. The zero-order chi connectivity index (χ0) is 30.9. The smallest absolute Gasteiger partial charge is 0.264 e. The lowest BCUT2D eigenvalue weighted by Crippen LogP contribution is -2.53. The van der Waals surface area contributed by atoms with Gasteiger partial charge in [-0.3, -0.25) is 13.9 Å². The first-order chi connectivity index (χ1) is 20.0. The molecule has 0 aliphatic heterocycles. The van der Waals surface area contributed by atoms with E-state index in [2.05, 4.69) is 5.32 Å². The van der Waals surface area contributed by atoms with Crippen LogP contribution in [0.2, 0.25) is 0 Å². The monoisotopic (exact) mass is 595 g/mol. The van der Waals surface area contributed by atoms with Gasteiger partial charge in [-0.2, -0.15) is 0 Å². The first-order valence-electron chi connectivity index (χ1n) is 14.0. The molecule has 0 saturated carbocycles. The van der Waals surface area contributed by atoms with Crippen LogP contribution in [0.4, 0.5) is 5.69 Å². The van der Waals surface area contributed by atoms with E-state index in [0.717, 1.165) is 21.9 Å². The van der Waals surface area contributed by atoms with Gasteiger partial charge in [0.25, 0.3) is 10.0 Å². The predicted octanol–water partition coefficient (Wildman–Crippen LogP) is 4.93. The summed E-state index contributed by atoms with van der Waals surface area (Å²) in [6.45, 7) is 7.14. The van der Waals surface area contributed by atoms with Gasteiger partial charge in [0.15, 0.2) is 0 Å². The number of benzene rings is 3. The lowest BCUT2D eigenvalue weighted by atomic mass is 10.1. The summed E-state index contributed by atoms with van der Waals surface area (Å²) in [5.41, 5.74) is 1.95. The second kappa shape index (κ2) is 14.7. The average molecular weight is 596 g/mol. The van der Waals surface area contributed by atoms with Crippen LogP contribution in [-0.2, 0) is 26.2 Å². The van der Waals surface area contributed by atoms with Gasteiger partial charge in [-0.05, 0) is 80.8 Å². The van der Waals surface area contributed by atoms with E-state index in [4.69, 9.17) is 9.47 Å². The Hall–Kier alpha value is -4.05. The van der Waals surface area contributed by atoms with Crippen molar-refractivity contribution in [2.75, 3.05) is 25.1 Å². The molecule has 0 aliphatic carbocycles. The number of amides is 2. The normalized spacial score (nSPS) is 12.6. The Bertz CT molecular complexity index is 1440. The highest BCUT2D eigenvalue weighted by atomic mass is 32.2. The molecule has 42 heavy (non-hydrogen) atoms. The minimum atomic E-state index is -4.15. The Morgan fingerprint density at radius 1 is 0.881 bits per heavy atom. The molecule has 2 atom stereocenters. The van der Waals surface area contributed by atoms with Gasteiger partial charge in [0.2, 0.25) is 11.8 Å². The molecule has 3 aromatic rings. The molecule has 226 valence electrons. The topological polar surface area (TPSA) is 105 Å². The van der Waals surface area contributed by atoms with E-state index in [9.17, 15) is 18.0 Å². The van der Waals surface area contributed by atoms with Gasteiger partial charge in [-0.25, -0.2) is 8.42 Å². The maximum Gasteiger partial charge on any atom is 0.264 e. The minimum absolute atomic E-state index is 0.0534. The number of carbonyl (C=O) groups excluding carboxylic acids is 2. The first-order valence-corrected chi connectivity index (χ1v) is 15.4. The van der Waals surface area contributed by atoms with Crippen molar-refractivity contribution in [2.24, 2.45) is 0 Å². The summed E-state index contributed by atoms with van der Waals surface area (Å²) >= 11 is 0. The summed E-state index contributed by atoms with van der Waals surface area (Å²) in [5.74, 6) is 0.347. The fourth-order valence-corrected chi connectivity index (χ4v) is 5.86. The lowest BCUT2D eigenvalue weighted by molar-refractivity contribution is -0.140. The highest BCUT2D eigenvalue weighted by Crippen LogP contribution is 2.27. The van der Waals surface area contributed by atoms with Crippen molar-refractivity contribution in [3.63, 3.8) is 0 Å². The Morgan fingerprint density at radius 3 is 2.10 bits per heavy atom. The van der Waals surface area contributed by atoms with Crippen LogP contribution in [0.15, 0.2) is 77.7 Å². The second-order valence-electron chi connectivity index (χ2n) is 10.1. The van der Waals surface area contributed by atoms with Crippen LogP contribution >= 0.6 is 0 Å². The molecule has 3 aromatic carbocycles. The number of rotatable bonds is 14. The molecule has 10 heteroatoms. The summed E-state index contributed by atoms with van der Waals surface area (Å²) in [7, 11) is -1.08. The Morgan fingerprint density at radius 2 is 1.52 bits per heavy atom. The van der Waals surface area contributed by atoms with Crippen molar-refractivity contribution in [1.29, 1.82) is 0 Å². The fourth-order valence-electron chi connectivity index (χ4n) is 4.44. The Balaban J connectivity index is 2.07. The Labute approximate surface area is 249 Å². The molecule has 3 rings (SSSR count). The maximum atomic E-state index is 14.2. The molecular formula is C32H41N3O6S. The third-order valence-electron chi connectivity index (χ3n) is 7.12. The third-order valence-corrected chi connectivity index (χ3v) is 8.91. The van der Waals surface area contributed by atoms with E-state index >= 15 is 0 Å².